The molecule has 1 amide bonds. The molecule has 0 aromatic carbocycles. The van der Waals surface area contributed by atoms with Gasteiger partial charge in [-0.15, -0.1) is 0 Å². The van der Waals surface area contributed by atoms with Gasteiger partial charge in [-0.05, 0) is 51.4 Å². The predicted octanol–water partition coefficient (Wildman–Crippen LogP) is 1.93. The van der Waals surface area contributed by atoms with Crippen LogP contribution in [0.15, 0.2) is 0 Å². The molecule has 2 heterocycles. The second-order valence-corrected chi connectivity index (χ2v) is 8.87. The van der Waals surface area contributed by atoms with Gasteiger partial charge in [-0.25, -0.2) is 0 Å². The highest BCUT2D eigenvalue weighted by Gasteiger charge is 2.33. The summed E-state index contributed by atoms with van der Waals surface area (Å²) in [6, 6.07) is -0.323. The third-order valence-electron chi connectivity index (χ3n) is 6.77. The van der Waals surface area contributed by atoms with Crippen molar-refractivity contribution in [2.24, 2.45) is 11.7 Å². The second kappa shape index (κ2) is 11.3. The molecule has 29 heavy (non-hydrogen) atoms. The molecule has 0 bridgehead atoms. The summed E-state index contributed by atoms with van der Waals surface area (Å²) >= 11 is 0. The van der Waals surface area contributed by atoms with Gasteiger partial charge < -0.3 is 20.1 Å². The minimum Gasteiger partial charge on any atom is -0.465 e. The molecule has 0 aromatic rings. The molecule has 1 atom stereocenters. The summed E-state index contributed by atoms with van der Waals surface area (Å²) in [6.07, 6.45) is 10.1. The van der Waals surface area contributed by atoms with Crippen molar-refractivity contribution in [3.63, 3.8) is 0 Å². The number of hydrogen-bond donors (Lipinski definition) is 1. The largest absolute Gasteiger partial charge is 0.465 e. The molecule has 166 valence electrons. The zero-order chi connectivity index (χ0) is 20.6. The van der Waals surface area contributed by atoms with Crippen LogP contribution in [0.3, 0.4) is 0 Å². The first-order valence-electron chi connectivity index (χ1n) is 11.6. The van der Waals surface area contributed by atoms with E-state index in [1.54, 1.807) is 0 Å². The van der Waals surface area contributed by atoms with E-state index in [9.17, 15) is 9.59 Å². The molecule has 0 radical (unpaired) electrons. The standard InChI is InChI=1S/C22H39N3O4/c1-2-28-20(26)16-24-12-8-18(9-13-24)29-19-10-14-25(15-11-19)22(27)21(23)17-6-4-3-5-7-17/h17-19,21H,2-16,23H2,1H3. The van der Waals surface area contributed by atoms with Crippen molar-refractivity contribution < 1.29 is 19.1 Å². The van der Waals surface area contributed by atoms with Gasteiger partial charge in [0.25, 0.3) is 0 Å². The smallest absolute Gasteiger partial charge is 0.320 e. The van der Waals surface area contributed by atoms with E-state index in [1.165, 1.54) is 19.3 Å². The highest BCUT2D eigenvalue weighted by Crippen LogP contribution is 2.27. The van der Waals surface area contributed by atoms with Crippen molar-refractivity contribution >= 4 is 11.9 Å². The van der Waals surface area contributed by atoms with Crippen LogP contribution in [0, 0.1) is 5.92 Å². The monoisotopic (exact) mass is 409 g/mol. The number of nitrogens with two attached hydrogens (primary N) is 1. The van der Waals surface area contributed by atoms with Gasteiger partial charge in [-0.2, -0.15) is 0 Å². The predicted molar refractivity (Wildman–Crippen MR) is 111 cm³/mol. The minimum absolute atomic E-state index is 0.141. The van der Waals surface area contributed by atoms with Crippen LogP contribution in [-0.2, 0) is 19.1 Å². The summed E-state index contributed by atoms with van der Waals surface area (Å²) in [5, 5.41) is 0. The first-order valence-corrected chi connectivity index (χ1v) is 11.6. The van der Waals surface area contributed by atoms with Crippen molar-refractivity contribution in [3.05, 3.63) is 0 Å². The molecule has 2 N–H and O–H groups in total. The summed E-state index contributed by atoms with van der Waals surface area (Å²) in [7, 11) is 0. The summed E-state index contributed by atoms with van der Waals surface area (Å²) < 4.78 is 11.4. The van der Waals surface area contributed by atoms with Gasteiger partial charge in [0, 0.05) is 26.2 Å². The molecule has 3 aliphatic rings. The first kappa shape index (κ1) is 22.5. The lowest BCUT2D eigenvalue weighted by molar-refractivity contribution is -0.146. The van der Waals surface area contributed by atoms with E-state index in [-0.39, 0.29) is 30.1 Å². The SMILES string of the molecule is CCOC(=O)CN1CCC(OC2CCN(C(=O)C(N)C3CCCCC3)CC2)CC1. The fraction of sp³-hybridized carbons (Fsp3) is 0.909. The van der Waals surface area contributed by atoms with E-state index in [0.29, 0.717) is 19.1 Å². The number of rotatable bonds is 7. The number of carbonyl (C=O) groups excluding carboxylic acids is 2. The molecule has 1 saturated carbocycles. The molecule has 2 aliphatic heterocycles. The maximum Gasteiger partial charge on any atom is 0.320 e. The van der Waals surface area contributed by atoms with E-state index in [4.69, 9.17) is 15.2 Å². The zero-order valence-corrected chi connectivity index (χ0v) is 18.0. The molecule has 7 heteroatoms. The van der Waals surface area contributed by atoms with E-state index < -0.39 is 0 Å². The van der Waals surface area contributed by atoms with Gasteiger partial charge in [0.1, 0.15) is 0 Å². The van der Waals surface area contributed by atoms with Gasteiger partial charge in [0.05, 0.1) is 31.4 Å². The second-order valence-electron chi connectivity index (χ2n) is 8.87. The van der Waals surface area contributed by atoms with Crippen LogP contribution in [0.2, 0.25) is 0 Å². The van der Waals surface area contributed by atoms with Crippen LogP contribution < -0.4 is 5.73 Å². The van der Waals surface area contributed by atoms with Crippen molar-refractivity contribution in [2.75, 3.05) is 39.3 Å². The Kier molecular flexibility index (Phi) is 8.75. The molecular formula is C22H39N3O4. The van der Waals surface area contributed by atoms with Gasteiger partial charge in [0.15, 0.2) is 0 Å². The average Bonchev–Trinajstić information content (AvgIpc) is 2.75. The normalized spacial score (nSPS) is 24.4. The van der Waals surface area contributed by atoms with Gasteiger partial charge in [-0.1, -0.05) is 19.3 Å². The Balaban J connectivity index is 1.34. The van der Waals surface area contributed by atoms with Crippen molar-refractivity contribution in [2.45, 2.75) is 83.0 Å². The Morgan fingerprint density at radius 2 is 1.52 bits per heavy atom. The van der Waals surface area contributed by atoms with E-state index in [1.807, 2.05) is 11.8 Å². The molecule has 2 saturated heterocycles. The molecule has 3 fully saturated rings. The van der Waals surface area contributed by atoms with Crippen LogP contribution in [0.5, 0.6) is 0 Å². The number of piperidine rings is 2. The number of hydrogen-bond acceptors (Lipinski definition) is 6. The van der Waals surface area contributed by atoms with Crippen LogP contribution in [0.4, 0.5) is 0 Å². The zero-order valence-electron chi connectivity index (χ0n) is 18.0. The Morgan fingerprint density at radius 3 is 2.10 bits per heavy atom. The first-order chi connectivity index (χ1) is 14.1. The Hall–Kier alpha value is -1.18. The van der Waals surface area contributed by atoms with Crippen LogP contribution in [0.25, 0.3) is 0 Å². The number of esters is 1. The lowest BCUT2D eigenvalue weighted by Crippen LogP contribution is -2.51. The van der Waals surface area contributed by atoms with E-state index in [0.717, 1.165) is 64.7 Å². The number of nitrogens with zero attached hydrogens (tertiary/aromatic N) is 2. The van der Waals surface area contributed by atoms with Crippen LogP contribution >= 0.6 is 0 Å². The maximum atomic E-state index is 12.8. The van der Waals surface area contributed by atoms with Crippen molar-refractivity contribution in [3.8, 4) is 0 Å². The third-order valence-corrected chi connectivity index (χ3v) is 6.77. The molecule has 0 aromatic heterocycles. The average molecular weight is 410 g/mol. The number of likely N-dealkylation sites (tertiary alicyclic amines) is 2. The summed E-state index contributed by atoms with van der Waals surface area (Å²) in [6.45, 7) is 5.90. The molecule has 1 aliphatic carbocycles. The molecule has 3 rings (SSSR count). The number of carbonyl (C=O) groups is 2. The van der Waals surface area contributed by atoms with Crippen LogP contribution in [0.1, 0.15) is 64.7 Å². The lowest BCUT2D eigenvalue weighted by Gasteiger charge is -2.38. The van der Waals surface area contributed by atoms with Gasteiger partial charge >= 0.3 is 5.97 Å². The summed E-state index contributed by atoms with van der Waals surface area (Å²) in [4.78, 5) is 28.5. The van der Waals surface area contributed by atoms with Gasteiger partial charge in [-0.3, -0.25) is 14.5 Å². The Morgan fingerprint density at radius 1 is 0.931 bits per heavy atom. The lowest BCUT2D eigenvalue weighted by atomic mass is 9.83. The fourth-order valence-corrected chi connectivity index (χ4v) is 4.98. The highest BCUT2D eigenvalue weighted by atomic mass is 16.5. The Labute approximate surface area is 175 Å². The fourth-order valence-electron chi connectivity index (χ4n) is 4.98. The van der Waals surface area contributed by atoms with Crippen molar-refractivity contribution in [1.82, 2.24) is 9.80 Å². The molecule has 1 unspecified atom stereocenters. The molecule has 7 nitrogen and oxygen atoms in total. The minimum atomic E-state index is -0.323. The van der Waals surface area contributed by atoms with Gasteiger partial charge in [0.2, 0.25) is 5.91 Å². The highest BCUT2D eigenvalue weighted by molar-refractivity contribution is 5.82. The van der Waals surface area contributed by atoms with Crippen molar-refractivity contribution in [1.29, 1.82) is 0 Å². The number of amides is 1. The molecular weight excluding hydrogens is 370 g/mol. The quantitative estimate of drug-likeness (QED) is 0.647. The van der Waals surface area contributed by atoms with E-state index in [2.05, 4.69) is 4.90 Å². The maximum absolute atomic E-state index is 12.8. The van der Waals surface area contributed by atoms with Crippen LogP contribution in [-0.4, -0.2) is 79.3 Å². The third kappa shape index (κ3) is 6.66. The summed E-state index contributed by atoms with van der Waals surface area (Å²) in [5.41, 5.74) is 6.31. The molecule has 0 spiro atoms. The topological polar surface area (TPSA) is 85.1 Å². The Bertz CT molecular complexity index is 522. The summed E-state index contributed by atoms with van der Waals surface area (Å²) in [5.74, 6) is 0.364. The number of ether oxygens (including phenoxy) is 2. The van der Waals surface area contributed by atoms with E-state index >= 15 is 0 Å².